The van der Waals surface area contributed by atoms with Gasteiger partial charge in [-0.1, -0.05) is 0 Å². The van der Waals surface area contributed by atoms with Crippen LogP contribution in [0.25, 0.3) is 0 Å². The molecule has 12 heavy (non-hydrogen) atoms. The molecule has 0 amide bonds. The molecule has 0 radical (unpaired) electrons. The Morgan fingerprint density at radius 3 is 3.08 bits per heavy atom. The molecule has 1 saturated heterocycles. The van der Waals surface area contributed by atoms with Gasteiger partial charge in [0.2, 0.25) is 0 Å². The lowest BCUT2D eigenvalue weighted by Gasteiger charge is -2.24. The maximum atomic E-state index is 13.1. The van der Waals surface area contributed by atoms with Gasteiger partial charge < -0.3 is 10.1 Å². The molecular formula is C8H14FNO2. The lowest BCUT2D eigenvalue weighted by Crippen LogP contribution is -2.42. The van der Waals surface area contributed by atoms with E-state index in [-0.39, 0.29) is 0 Å². The molecule has 1 heterocycles. The molecule has 70 valence electrons. The fourth-order valence-corrected chi connectivity index (χ4v) is 1.31. The van der Waals surface area contributed by atoms with Gasteiger partial charge in [-0.15, -0.1) is 0 Å². The second kappa shape index (κ2) is 4.40. The Labute approximate surface area is 71.3 Å². The minimum absolute atomic E-state index is 0.321. The Hall–Kier alpha value is -0.640. The standard InChI is InChI=1S/C8H14FNO2/c1-2-12-8(11)6-5-10-4-3-7(6)9/h6-7,10H,2-5H2,1H3/t6-,7-/m1/s1. The molecule has 1 aliphatic heterocycles. The molecule has 4 heteroatoms. The molecule has 0 bridgehead atoms. The number of carbonyl (C=O) groups is 1. The molecule has 0 aromatic heterocycles. The lowest BCUT2D eigenvalue weighted by molar-refractivity contribution is -0.150. The van der Waals surface area contributed by atoms with Gasteiger partial charge in [0.1, 0.15) is 12.1 Å². The first kappa shape index (κ1) is 9.45. The van der Waals surface area contributed by atoms with Crippen molar-refractivity contribution in [1.82, 2.24) is 5.32 Å². The maximum Gasteiger partial charge on any atom is 0.313 e. The number of ether oxygens (including phenoxy) is 1. The lowest BCUT2D eigenvalue weighted by atomic mass is 9.98. The fourth-order valence-electron chi connectivity index (χ4n) is 1.31. The van der Waals surface area contributed by atoms with E-state index >= 15 is 0 Å². The van der Waals surface area contributed by atoms with Crippen LogP contribution in [0.5, 0.6) is 0 Å². The van der Waals surface area contributed by atoms with Crippen LogP contribution < -0.4 is 5.32 Å². The van der Waals surface area contributed by atoms with Crippen LogP contribution in [0.1, 0.15) is 13.3 Å². The van der Waals surface area contributed by atoms with Gasteiger partial charge in [-0.05, 0) is 19.9 Å². The van der Waals surface area contributed by atoms with E-state index in [1.807, 2.05) is 0 Å². The van der Waals surface area contributed by atoms with Crippen molar-refractivity contribution in [3.63, 3.8) is 0 Å². The highest BCUT2D eigenvalue weighted by atomic mass is 19.1. The monoisotopic (exact) mass is 175 g/mol. The zero-order valence-electron chi connectivity index (χ0n) is 7.18. The Morgan fingerprint density at radius 1 is 1.75 bits per heavy atom. The van der Waals surface area contributed by atoms with Crippen LogP contribution in [0, 0.1) is 5.92 Å². The molecule has 0 unspecified atom stereocenters. The van der Waals surface area contributed by atoms with Crippen LogP contribution in [0.2, 0.25) is 0 Å². The second-order valence-electron chi connectivity index (χ2n) is 2.87. The first-order chi connectivity index (χ1) is 5.75. The Morgan fingerprint density at radius 2 is 2.50 bits per heavy atom. The van der Waals surface area contributed by atoms with Gasteiger partial charge in [-0.2, -0.15) is 0 Å². The Kier molecular flexibility index (Phi) is 3.47. The number of halogens is 1. The molecule has 0 saturated carbocycles. The number of hydrogen-bond donors (Lipinski definition) is 1. The van der Waals surface area contributed by atoms with Crippen LogP contribution in [-0.2, 0) is 9.53 Å². The summed E-state index contributed by atoms with van der Waals surface area (Å²) in [5.74, 6) is -1.02. The van der Waals surface area contributed by atoms with Crippen molar-refractivity contribution < 1.29 is 13.9 Å². The van der Waals surface area contributed by atoms with Crippen LogP contribution in [0.4, 0.5) is 4.39 Å². The summed E-state index contributed by atoms with van der Waals surface area (Å²) in [5, 5.41) is 2.96. The summed E-state index contributed by atoms with van der Waals surface area (Å²) in [4.78, 5) is 11.1. The summed E-state index contributed by atoms with van der Waals surface area (Å²) < 4.78 is 17.8. The van der Waals surface area contributed by atoms with E-state index in [0.717, 1.165) is 0 Å². The summed E-state index contributed by atoms with van der Waals surface area (Å²) in [7, 11) is 0. The zero-order chi connectivity index (χ0) is 8.97. The average Bonchev–Trinajstić information content (AvgIpc) is 2.05. The smallest absolute Gasteiger partial charge is 0.313 e. The molecule has 0 aromatic rings. The van der Waals surface area contributed by atoms with Crippen molar-refractivity contribution in [3.8, 4) is 0 Å². The van der Waals surface area contributed by atoms with Crippen molar-refractivity contribution in [2.24, 2.45) is 5.92 Å². The van der Waals surface area contributed by atoms with Crippen molar-refractivity contribution >= 4 is 5.97 Å². The van der Waals surface area contributed by atoms with Gasteiger partial charge in [0, 0.05) is 6.54 Å². The summed E-state index contributed by atoms with van der Waals surface area (Å²) in [6.07, 6.45) is -0.631. The normalized spacial score (nSPS) is 29.8. The first-order valence-electron chi connectivity index (χ1n) is 4.27. The van der Waals surface area contributed by atoms with Gasteiger partial charge in [0.05, 0.1) is 6.61 Å². The Balaban J connectivity index is 2.42. The van der Waals surface area contributed by atoms with E-state index in [1.165, 1.54) is 0 Å². The number of carbonyl (C=O) groups excluding carboxylic acids is 1. The van der Waals surface area contributed by atoms with E-state index in [0.29, 0.717) is 26.1 Å². The molecular weight excluding hydrogens is 161 g/mol. The van der Waals surface area contributed by atoms with Gasteiger partial charge in [0.15, 0.2) is 0 Å². The summed E-state index contributed by atoms with van der Waals surface area (Å²) >= 11 is 0. The van der Waals surface area contributed by atoms with Crippen molar-refractivity contribution in [3.05, 3.63) is 0 Å². The number of nitrogens with one attached hydrogen (secondary N) is 1. The second-order valence-corrected chi connectivity index (χ2v) is 2.87. The molecule has 3 nitrogen and oxygen atoms in total. The molecule has 1 rings (SSSR count). The van der Waals surface area contributed by atoms with Gasteiger partial charge in [0.25, 0.3) is 0 Å². The maximum absolute atomic E-state index is 13.1. The van der Waals surface area contributed by atoms with Gasteiger partial charge in [-0.25, -0.2) is 4.39 Å². The average molecular weight is 175 g/mol. The SMILES string of the molecule is CCOC(=O)[C@@H]1CNCC[C@H]1F. The first-order valence-corrected chi connectivity index (χ1v) is 4.27. The molecule has 0 spiro atoms. The summed E-state index contributed by atoms with van der Waals surface area (Å²) in [6, 6.07) is 0. The number of alkyl halides is 1. The van der Waals surface area contributed by atoms with E-state index in [1.54, 1.807) is 6.92 Å². The topological polar surface area (TPSA) is 38.3 Å². The fraction of sp³-hybridized carbons (Fsp3) is 0.875. The highest BCUT2D eigenvalue weighted by molar-refractivity contribution is 5.73. The molecule has 1 N–H and O–H groups in total. The summed E-state index contributed by atoms with van der Waals surface area (Å²) in [5.41, 5.74) is 0. The summed E-state index contributed by atoms with van der Waals surface area (Å²) in [6.45, 7) is 3.10. The van der Waals surface area contributed by atoms with Crippen LogP contribution in [-0.4, -0.2) is 31.8 Å². The van der Waals surface area contributed by atoms with E-state index < -0.39 is 18.1 Å². The largest absolute Gasteiger partial charge is 0.466 e. The van der Waals surface area contributed by atoms with E-state index in [4.69, 9.17) is 4.74 Å². The zero-order valence-corrected chi connectivity index (χ0v) is 7.18. The van der Waals surface area contributed by atoms with Crippen molar-refractivity contribution in [2.45, 2.75) is 19.5 Å². The van der Waals surface area contributed by atoms with Crippen molar-refractivity contribution in [2.75, 3.05) is 19.7 Å². The molecule has 1 aliphatic rings. The predicted molar refractivity (Wildman–Crippen MR) is 42.5 cm³/mol. The van der Waals surface area contributed by atoms with Crippen LogP contribution >= 0.6 is 0 Å². The van der Waals surface area contributed by atoms with Gasteiger partial charge >= 0.3 is 5.97 Å². The van der Waals surface area contributed by atoms with E-state index in [2.05, 4.69) is 5.32 Å². The minimum Gasteiger partial charge on any atom is -0.466 e. The number of rotatable bonds is 2. The third-order valence-electron chi connectivity index (χ3n) is 1.99. The molecule has 2 atom stereocenters. The van der Waals surface area contributed by atoms with Crippen LogP contribution in [0.15, 0.2) is 0 Å². The number of esters is 1. The molecule has 1 fully saturated rings. The van der Waals surface area contributed by atoms with Crippen molar-refractivity contribution in [1.29, 1.82) is 0 Å². The third kappa shape index (κ3) is 2.17. The quantitative estimate of drug-likeness (QED) is 0.621. The van der Waals surface area contributed by atoms with Crippen LogP contribution in [0.3, 0.4) is 0 Å². The highest BCUT2D eigenvalue weighted by Gasteiger charge is 2.31. The Bertz CT molecular complexity index is 163. The highest BCUT2D eigenvalue weighted by Crippen LogP contribution is 2.16. The third-order valence-corrected chi connectivity index (χ3v) is 1.99. The predicted octanol–water partition coefficient (Wildman–Crippen LogP) is 0.497. The number of hydrogen-bond acceptors (Lipinski definition) is 3. The van der Waals surface area contributed by atoms with E-state index in [9.17, 15) is 9.18 Å². The molecule has 0 aliphatic carbocycles. The number of piperidine rings is 1. The van der Waals surface area contributed by atoms with Gasteiger partial charge in [-0.3, -0.25) is 4.79 Å². The molecule has 0 aromatic carbocycles. The minimum atomic E-state index is -1.04.